The Balaban J connectivity index is 1.63. The van der Waals surface area contributed by atoms with Crippen molar-refractivity contribution in [3.05, 3.63) is 33.9 Å². The molecule has 0 saturated heterocycles. The van der Waals surface area contributed by atoms with Gasteiger partial charge in [0, 0.05) is 18.5 Å². The molecule has 0 aromatic carbocycles. The summed E-state index contributed by atoms with van der Waals surface area (Å²) in [7, 11) is 0. The molecule has 122 valence electrons. The summed E-state index contributed by atoms with van der Waals surface area (Å²) in [6, 6.07) is 0. The van der Waals surface area contributed by atoms with Gasteiger partial charge in [0.15, 0.2) is 5.69 Å². The maximum absolute atomic E-state index is 12.9. The van der Waals surface area contributed by atoms with Gasteiger partial charge in [-0.3, -0.25) is 14.6 Å². The molecule has 4 heterocycles. The molecule has 0 saturated carbocycles. The molecule has 7 nitrogen and oxygen atoms in total. The lowest BCUT2D eigenvalue weighted by Crippen LogP contribution is -2.39. The van der Waals surface area contributed by atoms with Crippen LogP contribution in [0.2, 0.25) is 5.02 Å². The van der Waals surface area contributed by atoms with Crippen molar-refractivity contribution in [2.24, 2.45) is 0 Å². The summed E-state index contributed by atoms with van der Waals surface area (Å²) in [5.74, 6) is -0.0627. The number of amides is 1. The first-order valence-corrected chi connectivity index (χ1v) is 8.14. The molecule has 0 spiro atoms. The zero-order chi connectivity index (χ0) is 16.1. The van der Waals surface area contributed by atoms with Crippen molar-refractivity contribution in [3.63, 3.8) is 0 Å². The molecule has 4 rings (SSSR count). The number of aromatic amines is 1. The number of H-pyrrole nitrogens is 1. The summed E-state index contributed by atoms with van der Waals surface area (Å²) >= 11 is 6.15. The Morgan fingerprint density at radius 1 is 1.43 bits per heavy atom. The van der Waals surface area contributed by atoms with Crippen LogP contribution in [0.5, 0.6) is 0 Å². The van der Waals surface area contributed by atoms with Crippen LogP contribution >= 0.6 is 11.6 Å². The van der Waals surface area contributed by atoms with Crippen molar-refractivity contribution in [2.75, 3.05) is 6.54 Å². The first-order chi connectivity index (χ1) is 11.0. The van der Waals surface area contributed by atoms with E-state index in [1.165, 1.54) is 0 Å². The Labute approximate surface area is 138 Å². The van der Waals surface area contributed by atoms with E-state index in [2.05, 4.69) is 15.3 Å². The summed E-state index contributed by atoms with van der Waals surface area (Å²) in [5, 5.41) is 12.1. The third kappa shape index (κ3) is 2.35. The van der Waals surface area contributed by atoms with Gasteiger partial charge in [-0.15, -0.1) is 0 Å². The first-order valence-electron chi connectivity index (χ1n) is 7.76. The van der Waals surface area contributed by atoms with E-state index in [1.54, 1.807) is 11.1 Å². The first kappa shape index (κ1) is 14.7. The fraction of sp³-hybridized carbons (Fsp3) is 0.533. The highest BCUT2D eigenvalue weighted by molar-refractivity contribution is 6.31. The maximum atomic E-state index is 12.9. The minimum Gasteiger partial charge on any atom is -0.369 e. The second-order valence-corrected chi connectivity index (χ2v) is 6.55. The lowest BCUT2D eigenvalue weighted by Gasteiger charge is -2.29. The summed E-state index contributed by atoms with van der Waals surface area (Å²) in [5.41, 5.74) is 3.27. The number of aromatic nitrogens is 4. The molecule has 0 bridgehead atoms. The van der Waals surface area contributed by atoms with Gasteiger partial charge in [0.1, 0.15) is 0 Å². The number of hydrogen-bond donors (Lipinski definition) is 1. The van der Waals surface area contributed by atoms with E-state index in [-0.39, 0.29) is 18.1 Å². The van der Waals surface area contributed by atoms with Crippen molar-refractivity contribution >= 4 is 17.5 Å². The van der Waals surface area contributed by atoms with Crippen molar-refractivity contribution in [2.45, 2.75) is 45.6 Å². The quantitative estimate of drug-likeness (QED) is 0.864. The zero-order valence-electron chi connectivity index (χ0n) is 13.0. The van der Waals surface area contributed by atoms with Crippen LogP contribution in [0.3, 0.4) is 0 Å². The smallest absolute Gasteiger partial charge is 0.275 e. The van der Waals surface area contributed by atoms with Crippen LogP contribution in [0.25, 0.3) is 0 Å². The second-order valence-electron chi connectivity index (χ2n) is 6.15. The van der Waals surface area contributed by atoms with Crippen LogP contribution in [-0.4, -0.2) is 43.4 Å². The lowest BCUT2D eigenvalue weighted by atomic mass is 9.99. The molecule has 2 aromatic rings. The Morgan fingerprint density at radius 3 is 3.09 bits per heavy atom. The normalized spacial score (nSPS) is 23.5. The number of halogens is 1. The highest BCUT2D eigenvalue weighted by Gasteiger charge is 2.32. The van der Waals surface area contributed by atoms with Crippen molar-refractivity contribution in [3.8, 4) is 0 Å². The highest BCUT2D eigenvalue weighted by Crippen LogP contribution is 2.31. The largest absolute Gasteiger partial charge is 0.369 e. The minimum atomic E-state index is -0.0694. The van der Waals surface area contributed by atoms with Gasteiger partial charge in [-0.2, -0.15) is 10.2 Å². The number of ether oxygens (including phenoxy) is 1. The number of nitrogens with zero attached hydrogens (tertiary/aromatic N) is 4. The van der Waals surface area contributed by atoms with E-state index in [9.17, 15) is 4.79 Å². The van der Waals surface area contributed by atoms with Crippen LogP contribution in [-0.2, 0) is 24.2 Å². The van der Waals surface area contributed by atoms with E-state index in [0.717, 1.165) is 17.0 Å². The molecule has 2 aliphatic rings. The number of carbonyl (C=O) groups excluding carboxylic acids is 1. The van der Waals surface area contributed by atoms with Crippen LogP contribution in [0.1, 0.15) is 47.4 Å². The molecule has 2 aromatic heterocycles. The Hall–Kier alpha value is -1.86. The monoisotopic (exact) mass is 335 g/mol. The third-order valence-electron chi connectivity index (χ3n) is 4.54. The van der Waals surface area contributed by atoms with E-state index < -0.39 is 0 Å². The number of carbonyl (C=O) groups is 1. The fourth-order valence-corrected chi connectivity index (χ4v) is 3.59. The zero-order valence-corrected chi connectivity index (χ0v) is 13.8. The molecular formula is C15H18ClN5O2. The molecular weight excluding hydrogens is 318 g/mol. The SMILES string of the molecule is C[C@@H]1Cc2c(C(=O)N3CCn4ncc(Cl)c4C3)n[nH]c2[C@H](C)O1. The molecule has 1 N–H and O–H groups in total. The Kier molecular flexibility index (Phi) is 3.42. The Bertz CT molecular complexity index is 768. The average Bonchev–Trinajstić information content (AvgIpc) is 3.11. The standard InChI is InChI=1S/C15H18ClN5O2/c1-8-5-10-13(9(2)23-8)18-19-14(10)15(22)20-3-4-21-12(7-20)11(16)6-17-21/h6,8-9H,3-5,7H2,1-2H3,(H,18,19)/t8-,9+/m1/s1. The van der Waals surface area contributed by atoms with Crippen molar-refractivity contribution in [1.29, 1.82) is 0 Å². The van der Waals surface area contributed by atoms with Crippen LogP contribution in [0.15, 0.2) is 6.20 Å². The van der Waals surface area contributed by atoms with Gasteiger partial charge >= 0.3 is 0 Å². The van der Waals surface area contributed by atoms with E-state index in [4.69, 9.17) is 16.3 Å². The van der Waals surface area contributed by atoms with Crippen molar-refractivity contribution < 1.29 is 9.53 Å². The second kappa shape index (κ2) is 5.35. The highest BCUT2D eigenvalue weighted by atomic mass is 35.5. The molecule has 8 heteroatoms. The molecule has 23 heavy (non-hydrogen) atoms. The van der Waals surface area contributed by atoms with E-state index in [0.29, 0.717) is 36.8 Å². The van der Waals surface area contributed by atoms with Crippen LogP contribution in [0.4, 0.5) is 0 Å². The number of rotatable bonds is 1. The van der Waals surface area contributed by atoms with E-state index in [1.807, 2.05) is 18.5 Å². The van der Waals surface area contributed by atoms with Crippen LogP contribution < -0.4 is 0 Å². The molecule has 1 amide bonds. The van der Waals surface area contributed by atoms with Gasteiger partial charge in [-0.05, 0) is 13.8 Å². The summed E-state index contributed by atoms with van der Waals surface area (Å²) < 4.78 is 7.63. The number of nitrogens with one attached hydrogen (secondary N) is 1. The minimum absolute atomic E-state index is 0.0627. The van der Waals surface area contributed by atoms with Gasteiger partial charge in [-0.25, -0.2) is 0 Å². The lowest BCUT2D eigenvalue weighted by molar-refractivity contribution is -0.00703. The average molecular weight is 336 g/mol. The molecule has 0 aliphatic carbocycles. The predicted molar refractivity (Wildman–Crippen MR) is 83.2 cm³/mol. The summed E-state index contributed by atoms with van der Waals surface area (Å²) in [4.78, 5) is 14.7. The molecule has 0 unspecified atom stereocenters. The molecule has 0 fully saturated rings. The summed E-state index contributed by atoms with van der Waals surface area (Å²) in [6.07, 6.45) is 2.34. The van der Waals surface area contributed by atoms with E-state index >= 15 is 0 Å². The van der Waals surface area contributed by atoms with Gasteiger partial charge < -0.3 is 9.64 Å². The topological polar surface area (TPSA) is 76.0 Å². The van der Waals surface area contributed by atoms with Crippen molar-refractivity contribution in [1.82, 2.24) is 24.9 Å². The van der Waals surface area contributed by atoms with Crippen LogP contribution in [0, 0.1) is 0 Å². The maximum Gasteiger partial charge on any atom is 0.275 e. The third-order valence-corrected chi connectivity index (χ3v) is 4.86. The number of fused-ring (bicyclic) bond motifs is 2. The van der Waals surface area contributed by atoms with Gasteiger partial charge in [0.2, 0.25) is 0 Å². The summed E-state index contributed by atoms with van der Waals surface area (Å²) in [6.45, 7) is 5.70. The molecule has 0 radical (unpaired) electrons. The molecule has 2 aliphatic heterocycles. The van der Waals surface area contributed by atoms with Gasteiger partial charge in [0.25, 0.3) is 5.91 Å². The van der Waals surface area contributed by atoms with Gasteiger partial charge in [-0.1, -0.05) is 11.6 Å². The van der Waals surface area contributed by atoms with Gasteiger partial charge in [0.05, 0.1) is 47.9 Å². The number of hydrogen-bond acceptors (Lipinski definition) is 4. The fourth-order valence-electron chi connectivity index (χ4n) is 3.39. The predicted octanol–water partition coefficient (Wildman–Crippen LogP) is 1.94. The molecule has 2 atom stereocenters. The Morgan fingerprint density at radius 2 is 2.26 bits per heavy atom.